The van der Waals surface area contributed by atoms with Crippen molar-refractivity contribution in [3.05, 3.63) is 51.9 Å². The maximum Gasteiger partial charge on any atom is 0.252 e. The molecule has 0 bridgehead atoms. The molecule has 1 aliphatic rings. The van der Waals surface area contributed by atoms with Gasteiger partial charge >= 0.3 is 0 Å². The van der Waals surface area contributed by atoms with E-state index < -0.39 is 10.0 Å². The molecule has 140 valence electrons. The first-order valence-electron chi connectivity index (χ1n) is 8.43. The molecule has 2 heterocycles. The van der Waals surface area contributed by atoms with Gasteiger partial charge in [-0.05, 0) is 42.7 Å². The van der Waals surface area contributed by atoms with Crippen LogP contribution < -0.4 is 0 Å². The second-order valence-corrected chi connectivity index (χ2v) is 10.2. The summed E-state index contributed by atoms with van der Waals surface area (Å²) in [7, 11) is -1.68. The zero-order valence-electron chi connectivity index (χ0n) is 14.5. The Hall–Kier alpha value is -1.41. The molecule has 1 fully saturated rings. The van der Waals surface area contributed by atoms with E-state index in [4.69, 9.17) is 11.6 Å². The maximum absolute atomic E-state index is 12.6. The number of likely N-dealkylation sites (N-methyl/N-ethyl adjacent to an activating group) is 1. The van der Waals surface area contributed by atoms with E-state index >= 15 is 0 Å². The monoisotopic (exact) mass is 412 g/mol. The summed E-state index contributed by atoms with van der Waals surface area (Å²) in [5.74, 6) is -0.0584. The number of nitrogens with zero attached hydrogens (tertiary/aromatic N) is 2. The summed E-state index contributed by atoms with van der Waals surface area (Å²) < 4.78 is 27.0. The fourth-order valence-electron chi connectivity index (χ4n) is 2.93. The van der Waals surface area contributed by atoms with Gasteiger partial charge < -0.3 is 4.90 Å². The number of sulfonamides is 1. The van der Waals surface area contributed by atoms with Gasteiger partial charge in [-0.2, -0.15) is 4.31 Å². The lowest BCUT2D eigenvalue weighted by molar-refractivity contribution is -0.129. The largest absolute Gasteiger partial charge is 0.341 e. The Bertz CT molecular complexity index is 889. The van der Waals surface area contributed by atoms with Gasteiger partial charge in [0.25, 0.3) is 10.0 Å². The molecule has 2 aromatic rings. The van der Waals surface area contributed by atoms with E-state index in [0.717, 1.165) is 23.3 Å². The van der Waals surface area contributed by atoms with Crippen LogP contribution in [0.5, 0.6) is 0 Å². The summed E-state index contributed by atoms with van der Waals surface area (Å²) in [6.07, 6.45) is 2.01. The van der Waals surface area contributed by atoms with Crippen molar-refractivity contribution in [3.8, 4) is 0 Å². The summed E-state index contributed by atoms with van der Waals surface area (Å²) in [4.78, 5) is 14.8. The third-order valence-corrected chi connectivity index (χ3v) is 8.04. The molecule has 1 amide bonds. The summed E-state index contributed by atoms with van der Waals surface area (Å²) >= 11 is 7.16. The summed E-state index contributed by atoms with van der Waals surface area (Å²) in [6.45, 7) is 1.62. The first kappa shape index (κ1) is 19.4. The number of hydrogen-bond donors (Lipinski definition) is 0. The highest BCUT2D eigenvalue weighted by molar-refractivity contribution is 7.91. The van der Waals surface area contributed by atoms with Gasteiger partial charge in [-0.25, -0.2) is 8.42 Å². The Morgan fingerprint density at radius 3 is 2.65 bits per heavy atom. The molecule has 26 heavy (non-hydrogen) atoms. The predicted octanol–water partition coefficient (Wildman–Crippen LogP) is 3.39. The van der Waals surface area contributed by atoms with Gasteiger partial charge in [-0.1, -0.05) is 23.7 Å². The third-order valence-electron chi connectivity index (χ3n) is 4.36. The van der Waals surface area contributed by atoms with Gasteiger partial charge in [0.05, 0.1) is 6.42 Å². The molecular formula is C18H21ClN2O3S2. The van der Waals surface area contributed by atoms with Crippen LogP contribution in [0.25, 0.3) is 0 Å². The van der Waals surface area contributed by atoms with Crippen LogP contribution in [0, 0.1) is 0 Å². The summed E-state index contributed by atoms with van der Waals surface area (Å²) in [5, 5.41) is 0.637. The highest BCUT2D eigenvalue weighted by Gasteiger charge is 2.28. The van der Waals surface area contributed by atoms with Crippen molar-refractivity contribution in [2.24, 2.45) is 0 Å². The van der Waals surface area contributed by atoms with E-state index in [0.29, 0.717) is 28.9 Å². The standard InChI is InChI=1S/C18H21ClN2O3S2/c1-20(13-14-5-4-6-15(19)11-14)17(22)12-16-7-8-18(25-16)26(23,24)21-9-2-3-10-21/h4-8,11H,2-3,9-10,12-13H2,1H3. The average Bonchev–Trinajstić information content (AvgIpc) is 3.27. The van der Waals surface area contributed by atoms with Crippen LogP contribution in [0.3, 0.4) is 0 Å². The lowest BCUT2D eigenvalue weighted by Gasteiger charge is -2.17. The Morgan fingerprint density at radius 2 is 1.96 bits per heavy atom. The quantitative estimate of drug-likeness (QED) is 0.730. The van der Waals surface area contributed by atoms with Crippen molar-refractivity contribution >= 4 is 38.9 Å². The van der Waals surface area contributed by atoms with Crippen molar-refractivity contribution in [1.82, 2.24) is 9.21 Å². The number of rotatable bonds is 6. The van der Waals surface area contributed by atoms with E-state index in [-0.39, 0.29) is 12.3 Å². The number of halogens is 1. The predicted molar refractivity (Wildman–Crippen MR) is 104 cm³/mol. The molecule has 0 aliphatic carbocycles. The van der Waals surface area contributed by atoms with Crippen LogP contribution in [0.2, 0.25) is 5.02 Å². The van der Waals surface area contributed by atoms with Gasteiger partial charge in [-0.15, -0.1) is 11.3 Å². The number of thiophene rings is 1. The van der Waals surface area contributed by atoms with Gasteiger partial charge in [0, 0.05) is 36.6 Å². The molecular weight excluding hydrogens is 392 g/mol. The van der Waals surface area contributed by atoms with E-state index in [1.165, 1.54) is 15.6 Å². The Balaban J connectivity index is 1.64. The van der Waals surface area contributed by atoms with Crippen molar-refractivity contribution < 1.29 is 13.2 Å². The zero-order chi connectivity index (χ0) is 18.7. The molecule has 1 aromatic carbocycles. The first-order valence-corrected chi connectivity index (χ1v) is 11.1. The number of carbonyl (C=O) groups excluding carboxylic acids is 1. The van der Waals surface area contributed by atoms with E-state index in [9.17, 15) is 13.2 Å². The number of carbonyl (C=O) groups is 1. The van der Waals surface area contributed by atoms with Crippen molar-refractivity contribution in [3.63, 3.8) is 0 Å². The van der Waals surface area contributed by atoms with Crippen LogP contribution in [0.1, 0.15) is 23.3 Å². The molecule has 0 N–H and O–H groups in total. The molecule has 1 aliphatic heterocycles. The smallest absolute Gasteiger partial charge is 0.252 e. The highest BCUT2D eigenvalue weighted by atomic mass is 35.5. The minimum Gasteiger partial charge on any atom is -0.341 e. The lowest BCUT2D eigenvalue weighted by atomic mass is 10.2. The Kier molecular flexibility index (Phi) is 6.02. The molecule has 0 spiro atoms. The molecule has 1 aromatic heterocycles. The molecule has 1 saturated heterocycles. The van der Waals surface area contributed by atoms with Crippen molar-refractivity contribution in [1.29, 1.82) is 0 Å². The van der Waals surface area contributed by atoms with E-state index in [1.54, 1.807) is 30.1 Å². The van der Waals surface area contributed by atoms with Gasteiger partial charge in [0.1, 0.15) is 4.21 Å². The van der Waals surface area contributed by atoms with E-state index in [1.807, 2.05) is 18.2 Å². The SMILES string of the molecule is CN(Cc1cccc(Cl)c1)C(=O)Cc1ccc(S(=O)(=O)N2CCCC2)s1. The fraction of sp³-hybridized carbons (Fsp3) is 0.389. The molecule has 8 heteroatoms. The van der Waals surface area contributed by atoms with Gasteiger partial charge in [-0.3, -0.25) is 4.79 Å². The summed E-state index contributed by atoms with van der Waals surface area (Å²) in [6, 6.07) is 10.7. The normalized spacial score (nSPS) is 15.3. The minimum atomic E-state index is -3.41. The lowest BCUT2D eigenvalue weighted by Crippen LogP contribution is -2.27. The van der Waals surface area contributed by atoms with Crippen LogP contribution >= 0.6 is 22.9 Å². The van der Waals surface area contributed by atoms with Crippen LogP contribution in [0.4, 0.5) is 0 Å². The van der Waals surface area contributed by atoms with Crippen LogP contribution in [0.15, 0.2) is 40.6 Å². The van der Waals surface area contributed by atoms with E-state index in [2.05, 4.69) is 0 Å². The molecule has 3 rings (SSSR count). The zero-order valence-corrected chi connectivity index (χ0v) is 16.9. The van der Waals surface area contributed by atoms with Crippen molar-refractivity contribution in [2.75, 3.05) is 20.1 Å². The average molecular weight is 413 g/mol. The second kappa shape index (κ2) is 8.08. The first-order chi connectivity index (χ1) is 12.4. The molecule has 0 radical (unpaired) electrons. The Morgan fingerprint density at radius 1 is 1.23 bits per heavy atom. The minimum absolute atomic E-state index is 0.0584. The Labute approximate surface area is 163 Å². The van der Waals surface area contributed by atoms with Gasteiger partial charge in [0.15, 0.2) is 0 Å². The fourth-order valence-corrected chi connectivity index (χ4v) is 6.16. The molecule has 0 saturated carbocycles. The maximum atomic E-state index is 12.6. The number of hydrogen-bond acceptors (Lipinski definition) is 4. The third kappa shape index (κ3) is 4.46. The molecule has 5 nitrogen and oxygen atoms in total. The second-order valence-electron chi connectivity index (χ2n) is 6.39. The number of benzene rings is 1. The van der Waals surface area contributed by atoms with Crippen LogP contribution in [-0.2, 0) is 27.8 Å². The van der Waals surface area contributed by atoms with Gasteiger partial charge in [0.2, 0.25) is 5.91 Å². The summed E-state index contributed by atoms with van der Waals surface area (Å²) in [5.41, 5.74) is 0.955. The van der Waals surface area contributed by atoms with Crippen molar-refractivity contribution in [2.45, 2.75) is 30.0 Å². The molecule has 0 atom stereocenters. The topological polar surface area (TPSA) is 57.7 Å². The molecule has 0 unspecified atom stereocenters. The van der Waals surface area contributed by atoms with Crippen LogP contribution in [-0.4, -0.2) is 43.7 Å². The number of amides is 1. The highest BCUT2D eigenvalue weighted by Crippen LogP contribution is 2.27.